The molecular formula is C18H18Cl2IN5O2. The fourth-order valence-electron chi connectivity index (χ4n) is 2.20. The van der Waals surface area contributed by atoms with E-state index in [9.17, 15) is 9.59 Å². The van der Waals surface area contributed by atoms with E-state index in [1.165, 1.54) is 11.1 Å². The number of carbonyl (C=O) groups is 2. The van der Waals surface area contributed by atoms with Gasteiger partial charge in [-0.1, -0.05) is 29.8 Å². The van der Waals surface area contributed by atoms with Gasteiger partial charge in [0, 0.05) is 23.4 Å². The summed E-state index contributed by atoms with van der Waals surface area (Å²) in [6, 6.07) is 6.51. The molecule has 0 radical (unpaired) electrons. The fraction of sp³-hybridized carbons (Fsp3) is 0.167. The molecule has 0 fully saturated rings. The van der Waals surface area contributed by atoms with Gasteiger partial charge in [-0.3, -0.25) is 14.6 Å². The molecule has 0 unspecified atom stereocenters. The average molecular weight is 534 g/mol. The third kappa shape index (κ3) is 4.93. The highest BCUT2D eigenvalue weighted by Gasteiger charge is 2.23. The van der Waals surface area contributed by atoms with Crippen LogP contribution in [0.4, 0.5) is 11.5 Å². The van der Waals surface area contributed by atoms with Crippen molar-refractivity contribution in [2.24, 2.45) is 5.84 Å². The van der Waals surface area contributed by atoms with Crippen molar-refractivity contribution in [3.63, 3.8) is 0 Å². The van der Waals surface area contributed by atoms with Crippen LogP contribution in [0.5, 0.6) is 0 Å². The molecule has 7 nitrogen and oxygen atoms in total. The monoisotopic (exact) mass is 533 g/mol. The zero-order valence-electron chi connectivity index (χ0n) is 15.2. The summed E-state index contributed by atoms with van der Waals surface area (Å²) >= 11 is 14.4. The lowest BCUT2D eigenvalue weighted by atomic mass is 10.1. The number of pyridine rings is 1. The zero-order chi connectivity index (χ0) is 21.0. The number of benzene rings is 1. The van der Waals surface area contributed by atoms with E-state index < -0.39 is 5.91 Å². The van der Waals surface area contributed by atoms with Gasteiger partial charge in [0.15, 0.2) is 5.82 Å². The second kappa shape index (κ2) is 9.55. The molecule has 0 bridgehead atoms. The van der Waals surface area contributed by atoms with Gasteiger partial charge in [0.25, 0.3) is 11.8 Å². The maximum Gasteiger partial charge on any atom is 0.273 e. The lowest BCUT2D eigenvalue weighted by Gasteiger charge is -2.22. The summed E-state index contributed by atoms with van der Waals surface area (Å²) in [5.74, 6) is 5.18. The Balaban J connectivity index is 2.34. The van der Waals surface area contributed by atoms with Gasteiger partial charge < -0.3 is 10.2 Å². The number of hydrogen-bond donors (Lipinski definition) is 2. The van der Waals surface area contributed by atoms with Gasteiger partial charge in [0.05, 0.1) is 21.3 Å². The molecule has 0 spiro atoms. The first kappa shape index (κ1) is 22.4. The van der Waals surface area contributed by atoms with Gasteiger partial charge in [-0.2, -0.15) is 0 Å². The Morgan fingerprint density at radius 1 is 1.32 bits per heavy atom. The number of rotatable bonds is 6. The molecule has 0 aliphatic rings. The van der Waals surface area contributed by atoms with E-state index in [-0.39, 0.29) is 38.7 Å². The first-order chi connectivity index (χ1) is 13.2. The maximum atomic E-state index is 12.7. The molecule has 2 amide bonds. The van der Waals surface area contributed by atoms with Gasteiger partial charge in [-0.15, -0.1) is 0 Å². The topological polar surface area (TPSA) is 91.6 Å². The van der Waals surface area contributed by atoms with Crippen LogP contribution >= 0.6 is 45.8 Å². The largest absolute Gasteiger partial charge is 0.342 e. The summed E-state index contributed by atoms with van der Waals surface area (Å²) in [5.41, 5.74) is 0.318. The van der Waals surface area contributed by atoms with Crippen LogP contribution in [0.2, 0.25) is 10.0 Å². The highest BCUT2D eigenvalue weighted by atomic mass is 127. The predicted octanol–water partition coefficient (Wildman–Crippen LogP) is 3.92. The molecule has 1 aromatic heterocycles. The number of aromatic nitrogens is 1. The second-order valence-corrected chi connectivity index (χ2v) is 7.77. The quantitative estimate of drug-likeness (QED) is 0.254. The fourth-order valence-corrected chi connectivity index (χ4v) is 3.48. The normalized spacial score (nSPS) is 10.4. The van der Waals surface area contributed by atoms with Crippen molar-refractivity contribution in [1.82, 2.24) is 9.88 Å². The van der Waals surface area contributed by atoms with Crippen LogP contribution < -0.4 is 16.2 Å². The van der Waals surface area contributed by atoms with Crippen molar-refractivity contribution in [3.8, 4) is 0 Å². The van der Waals surface area contributed by atoms with Crippen LogP contribution in [-0.4, -0.2) is 35.3 Å². The molecule has 2 rings (SSSR count). The summed E-state index contributed by atoms with van der Waals surface area (Å²) in [6.45, 7) is 6.03. The van der Waals surface area contributed by atoms with Crippen molar-refractivity contribution in [3.05, 3.63) is 61.9 Å². The van der Waals surface area contributed by atoms with E-state index in [1.807, 2.05) is 29.5 Å². The maximum absolute atomic E-state index is 12.7. The first-order valence-corrected chi connectivity index (χ1v) is 9.90. The zero-order valence-corrected chi connectivity index (χ0v) is 18.8. The number of amides is 2. The Bertz CT molecular complexity index is 938. The number of nitrogens with zero attached hydrogens (tertiary/aromatic N) is 3. The van der Waals surface area contributed by atoms with Gasteiger partial charge in [0.1, 0.15) is 5.70 Å². The van der Waals surface area contributed by atoms with E-state index in [1.54, 1.807) is 31.3 Å². The van der Waals surface area contributed by atoms with E-state index in [2.05, 4.69) is 16.9 Å². The standard InChI is InChI=1S/C18H18Cl2IN5O2/c1-4-25(3)18(28)12-8-11(21)9-14(20)15(12)24-17(27)10(2)26(22)16-13(19)6-5-7-23-16/h5-9H,2,4,22H2,1,3H3,(H,24,27). The van der Waals surface area contributed by atoms with Gasteiger partial charge in [0.2, 0.25) is 0 Å². The molecule has 0 saturated carbocycles. The highest BCUT2D eigenvalue weighted by Crippen LogP contribution is 2.31. The third-order valence-corrected chi connectivity index (χ3v) is 5.08. The second-order valence-electron chi connectivity index (χ2n) is 5.71. The van der Waals surface area contributed by atoms with Crippen molar-refractivity contribution in [1.29, 1.82) is 0 Å². The summed E-state index contributed by atoms with van der Waals surface area (Å²) in [5, 5.41) is 4.07. The van der Waals surface area contributed by atoms with Crippen molar-refractivity contribution in [2.75, 3.05) is 23.9 Å². The average Bonchev–Trinajstić information content (AvgIpc) is 2.67. The highest BCUT2D eigenvalue weighted by molar-refractivity contribution is 14.1. The minimum absolute atomic E-state index is 0.127. The summed E-state index contributed by atoms with van der Waals surface area (Å²) < 4.78 is 0.757. The number of hydrogen-bond acceptors (Lipinski definition) is 5. The number of anilines is 2. The third-order valence-electron chi connectivity index (χ3n) is 3.87. The van der Waals surface area contributed by atoms with Crippen molar-refractivity contribution in [2.45, 2.75) is 6.92 Å². The van der Waals surface area contributed by atoms with Crippen LogP contribution in [0, 0.1) is 3.57 Å². The molecule has 1 aromatic carbocycles. The van der Waals surface area contributed by atoms with E-state index >= 15 is 0 Å². The Morgan fingerprint density at radius 3 is 2.61 bits per heavy atom. The van der Waals surface area contributed by atoms with E-state index in [0.29, 0.717) is 6.54 Å². The van der Waals surface area contributed by atoms with E-state index in [0.717, 1.165) is 8.58 Å². The van der Waals surface area contributed by atoms with Crippen LogP contribution in [0.1, 0.15) is 17.3 Å². The van der Waals surface area contributed by atoms with Crippen LogP contribution in [-0.2, 0) is 4.79 Å². The van der Waals surface area contributed by atoms with Gasteiger partial charge in [-0.25, -0.2) is 10.8 Å². The van der Waals surface area contributed by atoms with Crippen LogP contribution in [0.15, 0.2) is 42.7 Å². The number of carbonyl (C=O) groups excluding carboxylic acids is 2. The van der Waals surface area contributed by atoms with E-state index in [4.69, 9.17) is 29.0 Å². The molecular weight excluding hydrogens is 516 g/mol. The van der Waals surface area contributed by atoms with Crippen LogP contribution in [0.3, 0.4) is 0 Å². The molecule has 0 aliphatic heterocycles. The molecule has 0 atom stereocenters. The van der Waals surface area contributed by atoms with Gasteiger partial charge >= 0.3 is 0 Å². The Labute approximate surface area is 186 Å². The number of hydrazine groups is 1. The molecule has 0 saturated heterocycles. The lowest BCUT2D eigenvalue weighted by molar-refractivity contribution is -0.112. The molecule has 10 heteroatoms. The molecule has 1 heterocycles. The smallest absolute Gasteiger partial charge is 0.273 e. The predicted molar refractivity (Wildman–Crippen MR) is 120 cm³/mol. The number of halogens is 3. The Kier molecular flexibility index (Phi) is 7.64. The van der Waals surface area contributed by atoms with Crippen molar-refractivity contribution < 1.29 is 9.59 Å². The number of nitrogens with two attached hydrogens (primary N) is 1. The minimum atomic E-state index is -0.652. The van der Waals surface area contributed by atoms with Crippen LogP contribution in [0.25, 0.3) is 0 Å². The minimum Gasteiger partial charge on any atom is -0.342 e. The summed E-state index contributed by atoms with van der Waals surface area (Å²) in [4.78, 5) is 30.9. The first-order valence-electron chi connectivity index (χ1n) is 8.07. The molecule has 3 N–H and O–H groups in total. The molecule has 2 aromatic rings. The Morgan fingerprint density at radius 2 is 2.00 bits per heavy atom. The Hall–Kier alpha value is -1.88. The molecule has 0 aliphatic carbocycles. The summed E-state index contributed by atoms with van der Waals surface area (Å²) in [7, 11) is 1.66. The van der Waals surface area contributed by atoms with Crippen molar-refractivity contribution >= 4 is 69.1 Å². The number of nitrogens with one attached hydrogen (secondary N) is 1. The summed E-state index contributed by atoms with van der Waals surface area (Å²) in [6.07, 6.45) is 1.49. The van der Waals surface area contributed by atoms with Gasteiger partial charge in [-0.05, 0) is 53.8 Å². The lowest BCUT2D eigenvalue weighted by Crippen LogP contribution is -2.37. The molecule has 148 valence electrons. The SMILES string of the molecule is C=C(C(=O)Nc1c(Cl)cc(I)cc1C(=O)N(C)CC)N(N)c1ncccc1Cl. The molecule has 28 heavy (non-hydrogen) atoms.